The van der Waals surface area contributed by atoms with Crippen LogP contribution in [0.3, 0.4) is 0 Å². The fourth-order valence-electron chi connectivity index (χ4n) is 0.871. The molecule has 3 N–H and O–H groups in total. The van der Waals surface area contributed by atoms with Gasteiger partial charge in [-0.3, -0.25) is 9.59 Å². The second kappa shape index (κ2) is 4.08. The number of carbonyl (C=O) groups is 2. The molecule has 0 rings (SSSR count). The highest BCUT2D eigenvalue weighted by molar-refractivity contribution is 5.85. The maximum atomic E-state index is 10.8. The summed E-state index contributed by atoms with van der Waals surface area (Å²) in [4.78, 5) is 21.1. The van der Waals surface area contributed by atoms with Gasteiger partial charge in [0.15, 0.2) is 0 Å². The second-order valence-electron chi connectivity index (χ2n) is 2.63. The molecule has 0 aromatic heterocycles. The molecule has 0 radical (unpaired) electrons. The van der Waals surface area contributed by atoms with Crippen molar-refractivity contribution in [1.29, 1.82) is 0 Å². The van der Waals surface area contributed by atoms with Gasteiger partial charge in [0.2, 0.25) is 5.91 Å². The number of amides is 1. The number of aliphatic hydroxyl groups excluding tert-OH is 1. The van der Waals surface area contributed by atoms with Crippen LogP contribution >= 0.6 is 0 Å². The topological polar surface area (TPSA) is 80.4 Å². The average molecular weight is 159 g/mol. The van der Waals surface area contributed by atoms with Crippen molar-refractivity contribution < 1.29 is 14.7 Å². The average Bonchev–Trinajstić information content (AvgIpc) is 1.81. The quantitative estimate of drug-likeness (QED) is 0.577. The predicted octanol–water partition coefficient (Wildman–Crippen LogP) is -0.552. The van der Waals surface area contributed by atoms with Gasteiger partial charge in [0.05, 0.1) is 12.0 Å². The molecule has 0 aliphatic rings. The van der Waals surface area contributed by atoms with Crippen LogP contribution in [0.2, 0.25) is 0 Å². The van der Waals surface area contributed by atoms with Crippen LogP contribution < -0.4 is 5.73 Å². The third-order valence-corrected chi connectivity index (χ3v) is 1.53. The van der Waals surface area contributed by atoms with Crippen molar-refractivity contribution in [2.45, 2.75) is 26.4 Å². The van der Waals surface area contributed by atoms with E-state index >= 15 is 0 Å². The van der Waals surface area contributed by atoms with Gasteiger partial charge in [-0.15, -0.1) is 0 Å². The van der Waals surface area contributed by atoms with Gasteiger partial charge >= 0.3 is 0 Å². The fraction of sp³-hybridized carbons (Fsp3) is 0.714. The van der Waals surface area contributed by atoms with Crippen LogP contribution in [0.25, 0.3) is 0 Å². The minimum absolute atomic E-state index is 0.0764. The highest BCUT2D eigenvalue weighted by Gasteiger charge is 2.21. The summed E-state index contributed by atoms with van der Waals surface area (Å²) in [5.74, 6) is -1.42. The van der Waals surface area contributed by atoms with Crippen LogP contribution in [0.5, 0.6) is 0 Å². The Balaban J connectivity index is 4.12. The fourth-order valence-corrected chi connectivity index (χ4v) is 0.871. The van der Waals surface area contributed by atoms with Crippen LogP contribution in [0.4, 0.5) is 0 Å². The Bertz CT molecular complexity index is 165. The first-order valence-corrected chi connectivity index (χ1v) is 3.42. The summed E-state index contributed by atoms with van der Waals surface area (Å²) in [6, 6.07) is 0. The van der Waals surface area contributed by atoms with E-state index in [1.807, 2.05) is 0 Å². The number of primary amides is 1. The van der Waals surface area contributed by atoms with Crippen molar-refractivity contribution in [2.24, 2.45) is 11.7 Å². The van der Waals surface area contributed by atoms with Crippen molar-refractivity contribution in [3.05, 3.63) is 0 Å². The lowest BCUT2D eigenvalue weighted by atomic mass is 9.95. The standard InChI is InChI=1S/C7H13NO3/c1-4(9)6(5(2)10)3-7(8)11/h4,6,9H,3H2,1-2H3,(H2,8,11). The van der Waals surface area contributed by atoms with Gasteiger partial charge in [-0.1, -0.05) is 0 Å². The first-order valence-electron chi connectivity index (χ1n) is 3.42. The number of hydrogen-bond donors (Lipinski definition) is 2. The minimum Gasteiger partial charge on any atom is -0.393 e. The van der Waals surface area contributed by atoms with Crippen molar-refractivity contribution in [2.75, 3.05) is 0 Å². The Hall–Kier alpha value is -0.900. The largest absolute Gasteiger partial charge is 0.393 e. The molecule has 0 aromatic rings. The van der Waals surface area contributed by atoms with Crippen LogP contribution in [0.1, 0.15) is 20.3 Å². The SMILES string of the molecule is CC(=O)C(CC(N)=O)C(C)O. The summed E-state index contributed by atoms with van der Waals surface area (Å²) in [6.45, 7) is 2.80. The van der Waals surface area contributed by atoms with Gasteiger partial charge in [-0.25, -0.2) is 0 Å². The van der Waals surface area contributed by atoms with Gasteiger partial charge in [0.25, 0.3) is 0 Å². The van der Waals surface area contributed by atoms with E-state index in [0.717, 1.165) is 0 Å². The van der Waals surface area contributed by atoms with Crippen LogP contribution in [0, 0.1) is 5.92 Å². The smallest absolute Gasteiger partial charge is 0.218 e. The number of nitrogens with two attached hydrogens (primary N) is 1. The number of rotatable bonds is 4. The molecule has 64 valence electrons. The van der Waals surface area contributed by atoms with Crippen molar-refractivity contribution in [3.8, 4) is 0 Å². The van der Waals surface area contributed by atoms with E-state index in [1.54, 1.807) is 0 Å². The normalized spacial score (nSPS) is 15.5. The number of hydrogen-bond acceptors (Lipinski definition) is 3. The molecule has 4 heteroatoms. The van der Waals surface area contributed by atoms with Gasteiger partial charge < -0.3 is 10.8 Å². The summed E-state index contributed by atoms with van der Waals surface area (Å²) in [5.41, 5.74) is 4.87. The molecule has 0 bridgehead atoms. The molecule has 0 heterocycles. The summed E-state index contributed by atoms with van der Waals surface area (Å²) in [6.07, 6.45) is -0.882. The van der Waals surface area contributed by atoms with Crippen LogP contribution in [-0.4, -0.2) is 22.9 Å². The number of Topliss-reactive ketones (excluding diaryl/α,β-unsaturated/α-hetero) is 1. The maximum Gasteiger partial charge on any atom is 0.218 e. The van der Waals surface area contributed by atoms with E-state index in [2.05, 4.69) is 0 Å². The van der Waals surface area contributed by atoms with Gasteiger partial charge in [0.1, 0.15) is 5.78 Å². The summed E-state index contributed by atoms with van der Waals surface area (Å²) < 4.78 is 0. The Morgan fingerprint density at radius 2 is 2.00 bits per heavy atom. The van der Waals surface area contributed by atoms with Crippen molar-refractivity contribution in [3.63, 3.8) is 0 Å². The molecular weight excluding hydrogens is 146 g/mol. The zero-order valence-corrected chi connectivity index (χ0v) is 6.70. The van der Waals surface area contributed by atoms with E-state index < -0.39 is 17.9 Å². The molecule has 0 spiro atoms. The van der Waals surface area contributed by atoms with E-state index in [9.17, 15) is 9.59 Å². The second-order valence-corrected chi connectivity index (χ2v) is 2.63. The third kappa shape index (κ3) is 3.72. The van der Waals surface area contributed by atoms with Crippen molar-refractivity contribution in [1.82, 2.24) is 0 Å². The molecule has 0 aliphatic heterocycles. The number of carbonyl (C=O) groups excluding carboxylic acids is 2. The Morgan fingerprint density at radius 1 is 1.55 bits per heavy atom. The number of aliphatic hydroxyl groups is 1. The first-order chi connectivity index (χ1) is 4.95. The molecule has 2 unspecified atom stereocenters. The molecule has 0 saturated carbocycles. The molecule has 0 aliphatic carbocycles. The molecule has 0 aromatic carbocycles. The zero-order valence-electron chi connectivity index (χ0n) is 6.70. The maximum absolute atomic E-state index is 10.8. The molecule has 11 heavy (non-hydrogen) atoms. The van der Waals surface area contributed by atoms with Crippen LogP contribution in [0.15, 0.2) is 0 Å². The Labute approximate surface area is 65.4 Å². The van der Waals surface area contributed by atoms with E-state index in [-0.39, 0.29) is 12.2 Å². The van der Waals surface area contributed by atoms with Gasteiger partial charge in [0, 0.05) is 6.42 Å². The van der Waals surface area contributed by atoms with E-state index in [4.69, 9.17) is 10.8 Å². The molecule has 0 fully saturated rings. The lowest BCUT2D eigenvalue weighted by Crippen LogP contribution is -2.29. The van der Waals surface area contributed by atoms with Crippen molar-refractivity contribution >= 4 is 11.7 Å². The lowest BCUT2D eigenvalue weighted by molar-refractivity contribution is -0.129. The molecule has 2 atom stereocenters. The highest BCUT2D eigenvalue weighted by atomic mass is 16.3. The third-order valence-electron chi connectivity index (χ3n) is 1.53. The van der Waals surface area contributed by atoms with E-state index in [0.29, 0.717) is 0 Å². The highest BCUT2D eigenvalue weighted by Crippen LogP contribution is 2.09. The number of ketones is 1. The lowest BCUT2D eigenvalue weighted by Gasteiger charge is -2.13. The molecule has 0 saturated heterocycles. The predicted molar refractivity (Wildman–Crippen MR) is 39.7 cm³/mol. The van der Waals surface area contributed by atoms with Gasteiger partial charge in [-0.05, 0) is 13.8 Å². The Morgan fingerprint density at radius 3 is 2.09 bits per heavy atom. The first kappa shape index (κ1) is 10.1. The summed E-state index contributed by atoms with van der Waals surface area (Å²) in [7, 11) is 0. The monoisotopic (exact) mass is 159 g/mol. The summed E-state index contributed by atoms with van der Waals surface area (Å²) in [5, 5.41) is 9.00. The van der Waals surface area contributed by atoms with Crippen LogP contribution in [-0.2, 0) is 9.59 Å². The van der Waals surface area contributed by atoms with Gasteiger partial charge in [-0.2, -0.15) is 0 Å². The zero-order chi connectivity index (χ0) is 9.02. The molecular formula is C7H13NO3. The van der Waals surface area contributed by atoms with E-state index in [1.165, 1.54) is 13.8 Å². The summed E-state index contributed by atoms with van der Waals surface area (Å²) >= 11 is 0. The minimum atomic E-state index is -0.806. The Kier molecular flexibility index (Phi) is 3.74. The molecule has 1 amide bonds. The molecule has 4 nitrogen and oxygen atoms in total.